The molecule has 2 heterocycles. The first kappa shape index (κ1) is 17.7. The van der Waals surface area contributed by atoms with Gasteiger partial charge in [-0.3, -0.25) is 4.79 Å². The zero-order chi connectivity index (χ0) is 19.0. The number of benzene rings is 2. The van der Waals surface area contributed by atoms with Crippen LogP contribution in [0.25, 0.3) is 11.4 Å². The van der Waals surface area contributed by atoms with Gasteiger partial charge in [0.15, 0.2) is 0 Å². The van der Waals surface area contributed by atoms with E-state index in [-0.39, 0.29) is 16.8 Å². The van der Waals surface area contributed by atoms with E-state index in [0.29, 0.717) is 30.2 Å². The van der Waals surface area contributed by atoms with Crippen molar-refractivity contribution in [1.29, 1.82) is 0 Å². The Kier molecular flexibility index (Phi) is 4.66. The van der Waals surface area contributed by atoms with Crippen LogP contribution in [0.4, 0.5) is 10.1 Å². The molecule has 1 amide bonds. The van der Waals surface area contributed by atoms with E-state index < -0.39 is 5.82 Å². The minimum absolute atomic E-state index is 0.00255. The van der Waals surface area contributed by atoms with Gasteiger partial charge in [-0.05, 0) is 36.2 Å². The fraction of sp³-hybridized carbons (Fsp3) is 0.250. The molecule has 0 spiro atoms. The molecule has 3 aromatic rings. The van der Waals surface area contributed by atoms with Gasteiger partial charge in [0, 0.05) is 24.2 Å². The van der Waals surface area contributed by atoms with E-state index in [4.69, 9.17) is 16.1 Å². The van der Waals surface area contributed by atoms with Crippen molar-refractivity contribution in [1.82, 2.24) is 10.1 Å². The molecule has 138 valence electrons. The molecule has 1 aliphatic rings. The average molecular weight is 386 g/mol. The van der Waals surface area contributed by atoms with E-state index in [1.54, 1.807) is 11.0 Å². The summed E-state index contributed by atoms with van der Waals surface area (Å²) in [6, 6.07) is 12.1. The molecule has 1 unspecified atom stereocenters. The van der Waals surface area contributed by atoms with Crippen molar-refractivity contribution in [3.63, 3.8) is 0 Å². The molecule has 1 saturated heterocycles. The monoisotopic (exact) mass is 385 g/mol. The SMILES string of the molecule is CCc1ccccc1N1CC(c2nc(-c3ccc(F)c(Cl)c3)no2)CC1=O. The van der Waals surface area contributed by atoms with Crippen molar-refractivity contribution in [2.75, 3.05) is 11.4 Å². The number of anilines is 1. The number of aryl methyl sites for hydroxylation is 1. The number of nitrogens with zero attached hydrogens (tertiary/aromatic N) is 3. The summed E-state index contributed by atoms with van der Waals surface area (Å²) in [6.07, 6.45) is 1.16. The zero-order valence-electron chi connectivity index (χ0n) is 14.7. The maximum absolute atomic E-state index is 13.3. The molecule has 7 heteroatoms. The lowest BCUT2D eigenvalue weighted by molar-refractivity contribution is -0.117. The Morgan fingerprint density at radius 1 is 1.30 bits per heavy atom. The Morgan fingerprint density at radius 2 is 2.11 bits per heavy atom. The molecular weight excluding hydrogens is 369 g/mol. The third kappa shape index (κ3) is 3.32. The summed E-state index contributed by atoms with van der Waals surface area (Å²) in [6.45, 7) is 2.55. The van der Waals surface area contributed by atoms with Gasteiger partial charge in [0.2, 0.25) is 17.6 Å². The molecule has 0 aliphatic carbocycles. The molecule has 0 radical (unpaired) electrons. The molecule has 27 heavy (non-hydrogen) atoms. The number of carbonyl (C=O) groups is 1. The predicted octanol–water partition coefficient (Wildman–Crippen LogP) is 4.61. The van der Waals surface area contributed by atoms with Crippen LogP contribution in [0.2, 0.25) is 5.02 Å². The minimum atomic E-state index is -0.504. The number of hydrogen-bond acceptors (Lipinski definition) is 4. The minimum Gasteiger partial charge on any atom is -0.339 e. The summed E-state index contributed by atoms with van der Waals surface area (Å²) in [5.74, 6) is 0.0721. The van der Waals surface area contributed by atoms with Crippen molar-refractivity contribution in [3.05, 3.63) is 64.8 Å². The molecule has 1 atom stereocenters. The van der Waals surface area contributed by atoms with Crippen LogP contribution in [0.3, 0.4) is 0 Å². The highest BCUT2D eigenvalue weighted by Crippen LogP contribution is 2.34. The quantitative estimate of drug-likeness (QED) is 0.658. The number of amides is 1. The first-order valence-electron chi connectivity index (χ1n) is 8.74. The van der Waals surface area contributed by atoms with Crippen LogP contribution >= 0.6 is 11.6 Å². The van der Waals surface area contributed by atoms with Gasteiger partial charge in [-0.2, -0.15) is 4.98 Å². The summed E-state index contributed by atoms with van der Waals surface area (Å²) < 4.78 is 18.7. The maximum atomic E-state index is 13.3. The van der Waals surface area contributed by atoms with Crippen LogP contribution < -0.4 is 4.90 Å². The van der Waals surface area contributed by atoms with Gasteiger partial charge in [-0.25, -0.2) is 4.39 Å². The molecule has 1 fully saturated rings. The van der Waals surface area contributed by atoms with E-state index in [2.05, 4.69) is 17.1 Å². The van der Waals surface area contributed by atoms with Gasteiger partial charge in [0.25, 0.3) is 0 Å². The zero-order valence-corrected chi connectivity index (χ0v) is 15.4. The van der Waals surface area contributed by atoms with Crippen molar-refractivity contribution >= 4 is 23.2 Å². The summed E-state index contributed by atoms with van der Waals surface area (Å²) >= 11 is 5.82. The standard InChI is InChI=1S/C20H17ClFN3O2/c1-2-12-5-3-4-6-17(12)25-11-14(10-18(25)26)20-23-19(24-27-20)13-7-8-16(22)15(21)9-13/h3-9,14H,2,10-11H2,1H3. The van der Waals surface area contributed by atoms with E-state index in [9.17, 15) is 9.18 Å². The normalized spacial score (nSPS) is 16.9. The Balaban J connectivity index is 1.58. The lowest BCUT2D eigenvalue weighted by Gasteiger charge is -2.19. The second kappa shape index (κ2) is 7.12. The molecule has 2 aromatic carbocycles. The third-order valence-corrected chi connectivity index (χ3v) is 5.05. The van der Waals surface area contributed by atoms with Gasteiger partial charge in [-0.1, -0.05) is 41.9 Å². The van der Waals surface area contributed by atoms with Crippen LogP contribution in [0.15, 0.2) is 47.0 Å². The van der Waals surface area contributed by atoms with E-state index >= 15 is 0 Å². The van der Waals surface area contributed by atoms with Gasteiger partial charge in [0.1, 0.15) is 5.82 Å². The molecule has 1 aromatic heterocycles. The Morgan fingerprint density at radius 3 is 2.89 bits per heavy atom. The van der Waals surface area contributed by atoms with Crippen LogP contribution in [-0.2, 0) is 11.2 Å². The van der Waals surface area contributed by atoms with Crippen LogP contribution in [0.5, 0.6) is 0 Å². The van der Waals surface area contributed by atoms with Gasteiger partial charge >= 0.3 is 0 Å². The largest absolute Gasteiger partial charge is 0.339 e. The number of hydrogen-bond donors (Lipinski definition) is 0. The molecule has 0 N–H and O–H groups in total. The fourth-order valence-electron chi connectivity index (χ4n) is 3.33. The fourth-order valence-corrected chi connectivity index (χ4v) is 3.51. The van der Waals surface area contributed by atoms with Crippen LogP contribution in [0.1, 0.15) is 30.7 Å². The lowest BCUT2D eigenvalue weighted by atomic mass is 10.1. The van der Waals surface area contributed by atoms with Crippen molar-refractivity contribution in [3.8, 4) is 11.4 Å². The second-order valence-corrected chi connectivity index (χ2v) is 6.88. The number of aromatic nitrogens is 2. The van der Waals surface area contributed by atoms with Crippen molar-refractivity contribution in [2.24, 2.45) is 0 Å². The highest BCUT2D eigenvalue weighted by atomic mass is 35.5. The molecule has 0 bridgehead atoms. The maximum Gasteiger partial charge on any atom is 0.232 e. The van der Waals surface area contributed by atoms with Crippen LogP contribution in [0, 0.1) is 5.82 Å². The summed E-state index contributed by atoms with van der Waals surface area (Å²) in [5, 5.41) is 3.96. The Labute approximate surface area is 160 Å². The average Bonchev–Trinajstić information content (AvgIpc) is 3.31. The Hall–Kier alpha value is -2.73. The second-order valence-electron chi connectivity index (χ2n) is 6.47. The molecule has 1 aliphatic heterocycles. The topological polar surface area (TPSA) is 59.2 Å². The first-order valence-corrected chi connectivity index (χ1v) is 9.12. The smallest absolute Gasteiger partial charge is 0.232 e. The van der Waals surface area contributed by atoms with Gasteiger partial charge in [-0.15, -0.1) is 0 Å². The van der Waals surface area contributed by atoms with E-state index in [1.807, 2.05) is 24.3 Å². The number of rotatable bonds is 4. The lowest BCUT2D eigenvalue weighted by Crippen LogP contribution is -2.25. The van der Waals surface area contributed by atoms with Gasteiger partial charge in [0.05, 0.1) is 10.9 Å². The van der Waals surface area contributed by atoms with E-state index in [1.165, 1.54) is 12.1 Å². The van der Waals surface area contributed by atoms with Crippen molar-refractivity contribution in [2.45, 2.75) is 25.7 Å². The molecule has 0 saturated carbocycles. The summed E-state index contributed by atoms with van der Waals surface area (Å²) in [7, 11) is 0. The molecule has 5 nitrogen and oxygen atoms in total. The highest BCUT2D eigenvalue weighted by Gasteiger charge is 2.35. The molecular formula is C20H17ClFN3O2. The van der Waals surface area contributed by atoms with Crippen LogP contribution in [-0.4, -0.2) is 22.6 Å². The molecule has 4 rings (SSSR count). The number of carbonyl (C=O) groups excluding carboxylic acids is 1. The number of halogens is 2. The Bertz CT molecular complexity index is 1000. The number of para-hydroxylation sites is 1. The predicted molar refractivity (Wildman–Crippen MR) is 100 cm³/mol. The third-order valence-electron chi connectivity index (χ3n) is 4.76. The van der Waals surface area contributed by atoms with Crippen molar-refractivity contribution < 1.29 is 13.7 Å². The summed E-state index contributed by atoms with van der Waals surface area (Å²) in [5.41, 5.74) is 2.62. The highest BCUT2D eigenvalue weighted by molar-refractivity contribution is 6.31. The first-order chi connectivity index (χ1) is 13.1. The van der Waals surface area contributed by atoms with Gasteiger partial charge < -0.3 is 9.42 Å². The summed E-state index contributed by atoms with van der Waals surface area (Å²) in [4.78, 5) is 18.7. The van der Waals surface area contributed by atoms with E-state index in [0.717, 1.165) is 17.7 Å².